The summed E-state index contributed by atoms with van der Waals surface area (Å²) in [5.74, 6) is 0.0771. The molecule has 0 spiro atoms. The molecular formula is C13H23N3O2. The van der Waals surface area contributed by atoms with Gasteiger partial charge in [-0.15, -0.1) is 0 Å². The van der Waals surface area contributed by atoms with Gasteiger partial charge in [0.2, 0.25) is 5.91 Å². The molecule has 0 fully saturated rings. The van der Waals surface area contributed by atoms with Crippen molar-refractivity contribution >= 4 is 5.91 Å². The van der Waals surface area contributed by atoms with E-state index in [0.717, 1.165) is 11.4 Å². The molecule has 1 aromatic rings. The number of methoxy groups -OCH3 is 1. The van der Waals surface area contributed by atoms with Crippen LogP contribution in [0.5, 0.6) is 0 Å². The van der Waals surface area contributed by atoms with E-state index >= 15 is 0 Å². The van der Waals surface area contributed by atoms with Crippen molar-refractivity contribution in [3.63, 3.8) is 0 Å². The Morgan fingerprint density at radius 3 is 2.67 bits per heavy atom. The van der Waals surface area contributed by atoms with E-state index in [9.17, 15) is 4.79 Å². The van der Waals surface area contributed by atoms with Gasteiger partial charge in [-0.3, -0.25) is 9.48 Å². The van der Waals surface area contributed by atoms with Crippen LogP contribution in [0.2, 0.25) is 0 Å². The van der Waals surface area contributed by atoms with E-state index < -0.39 is 0 Å². The summed E-state index contributed by atoms with van der Waals surface area (Å²) in [5.41, 5.74) is 1.95. The van der Waals surface area contributed by atoms with E-state index in [1.807, 2.05) is 38.7 Å². The van der Waals surface area contributed by atoms with Gasteiger partial charge < -0.3 is 9.64 Å². The summed E-state index contributed by atoms with van der Waals surface area (Å²) in [6, 6.07) is 2.06. The van der Waals surface area contributed by atoms with E-state index in [2.05, 4.69) is 5.10 Å². The van der Waals surface area contributed by atoms with Gasteiger partial charge >= 0.3 is 0 Å². The van der Waals surface area contributed by atoms with Crippen LogP contribution in [0.4, 0.5) is 0 Å². The number of aromatic nitrogens is 2. The summed E-state index contributed by atoms with van der Waals surface area (Å²) in [6.45, 7) is 9.39. The van der Waals surface area contributed by atoms with Crippen LogP contribution in [0, 0.1) is 13.8 Å². The van der Waals surface area contributed by atoms with Crippen LogP contribution in [0.1, 0.15) is 25.2 Å². The van der Waals surface area contributed by atoms with Crippen LogP contribution >= 0.6 is 0 Å². The van der Waals surface area contributed by atoms with E-state index in [1.54, 1.807) is 11.8 Å². The predicted molar refractivity (Wildman–Crippen MR) is 70.4 cm³/mol. The average molecular weight is 253 g/mol. The van der Waals surface area contributed by atoms with Crippen LogP contribution in [0.25, 0.3) is 0 Å². The van der Waals surface area contributed by atoms with Crippen molar-refractivity contribution in [2.45, 2.75) is 40.3 Å². The number of nitrogens with zero attached hydrogens (tertiary/aromatic N) is 3. The fraction of sp³-hybridized carbons (Fsp3) is 0.692. The molecule has 0 aliphatic heterocycles. The van der Waals surface area contributed by atoms with Crippen molar-refractivity contribution in [2.75, 3.05) is 20.3 Å². The number of likely N-dealkylation sites (N-methyl/N-ethyl adjacent to an activating group) is 1. The second kappa shape index (κ2) is 6.54. The maximum absolute atomic E-state index is 12.2. The molecule has 1 amide bonds. The Morgan fingerprint density at radius 2 is 2.22 bits per heavy atom. The number of carbonyl (C=O) groups is 1. The molecule has 0 saturated heterocycles. The molecule has 0 bridgehead atoms. The highest BCUT2D eigenvalue weighted by Crippen LogP contribution is 2.05. The van der Waals surface area contributed by atoms with Crippen LogP contribution < -0.4 is 0 Å². The highest BCUT2D eigenvalue weighted by molar-refractivity contribution is 5.76. The Morgan fingerprint density at radius 1 is 1.56 bits per heavy atom. The second-order valence-corrected chi connectivity index (χ2v) is 4.57. The van der Waals surface area contributed by atoms with Gasteiger partial charge in [0.1, 0.15) is 6.54 Å². The molecule has 0 aliphatic rings. The topological polar surface area (TPSA) is 47.4 Å². The molecule has 1 rings (SSSR count). The highest BCUT2D eigenvalue weighted by Gasteiger charge is 2.19. The molecule has 0 N–H and O–H groups in total. The largest absolute Gasteiger partial charge is 0.383 e. The summed E-state index contributed by atoms with van der Waals surface area (Å²) in [6.07, 6.45) is 0. The summed E-state index contributed by atoms with van der Waals surface area (Å²) in [7, 11) is 1.65. The molecule has 0 radical (unpaired) electrons. The summed E-state index contributed by atoms with van der Waals surface area (Å²) in [5, 5.41) is 4.31. The Bertz CT molecular complexity index is 401. The van der Waals surface area contributed by atoms with Gasteiger partial charge in [0.15, 0.2) is 0 Å². The van der Waals surface area contributed by atoms with Gasteiger partial charge in [-0.05, 0) is 33.8 Å². The third-order valence-corrected chi connectivity index (χ3v) is 2.99. The number of hydrogen-bond acceptors (Lipinski definition) is 3. The van der Waals surface area contributed by atoms with E-state index in [0.29, 0.717) is 19.7 Å². The van der Waals surface area contributed by atoms with Crippen LogP contribution in [0.3, 0.4) is 0 Å². The monoisotopic (exact) mass is 253 g/mol. The standard InChI is InChI=1S/C13H23N3O2/c1-6-15(12(4)9-18-5)13(17)8-16-11(3)7-10(2)14-16/h7,12H,6,8-9H2,1-5H3. The predicted octanol–water partition coefficient (Wildman–Crippen LogP) is 1.38. The van der Waals surface area contributed by atoms with E-state index in [1.165, 1.54) is 0 Å². The van der Waals surface area contributed by atoms with Gasteiger partial charge in [-0.1, -0.05) is 0 Å². The number of carbonyl (C=O) groups excluding carboxylic acids is 1. The third kappa shape index (κ3) is 3.57. The first-order valence-electron chi connectivity index (χ1n) is 6.29. The number of aryl methyl sites for hydroxylation is 2. The summed E-state index contributed by atoms with van der Waals surface area (Å²) >= 11 is 0. The Kier molecular flexibility index (Phi) is 5.34. The Labute approximate surface area is 109 Å². The first-order valence-corrected chi connectivity index (χ1v) is 6.29. The zero-order valence-electron chi connectivity index (χ0n) is 11.9. The van der Waals surface area contributed by atoms with Crippen LogP contribution in [0.15, 0.2) is 6.07 Å². The lowest BCUT2D eigenvalue weighted by atomic mass is 10.3. The zero-order chi connectivity index (χ0) is 13.7. The Hall–Kier alpha value is -1.36. The second-order valence-electron chi connectivity index (χ2n) is 4.57. The van der Waals surface area contributed by atoms with Crippen molar-refractivity contribution < 1.29 is 9.53 Å². The summed E-state index contributed by atoms with van der Waals surface area (Å²) in [4.78, 5) is 14.1. The van der Waals surface area contributed by atoms with Crippen molar-refractivity contribution in [1.82, 2.24) is 14.7 Å². The first kappa shape index (κ1) is 14.7. The normalized spacial score (nSPS) is 12.5. The molecular weight excluding hydrogens is 230 g/mol. The van der Waals surface area contributed by atoms with Crippen molar-refractivity contribution in [3.05, 3.63) is 17.5 Å². The molecule has 1 aromatic heterocycles. The maximum atomic E-state index is 12.2. The van der Waals surface area contributed by atoms with Gasteiger partial charge in [-0.25, -0.2) is 0 Å². The minimum atomic E-state index is 0.0771. The molecule has 5 heteroatoms. The highest BCUT2D eigenvalue weighted by atomic mass is 16.5. The smallest absolute Gasteiger partial charge is 0.244 e. The number of ether oxygens (including phenoxy) is 1. The first-order chi connectivity index (χ1) is 8.49. The molecule has 0 aliphatic carbocycles. The van der Waals surface area contributed by atoms with Crippen molar-refractivity contribution in [3.8, 4) is 0 Å². The fourth-order valence-corrected chi connectivity index (χ4v) is 2.12. The van der Waals surface area contributed by atoms with Crippen LogP contribution in [-0.2, 0) is 16.1 Å². The van der Waals surface area contributed by atoms with Gasteiger partial charge in [0, 0.05) is 19.3 Å². The fourth-order valence-electron chi connectivity index (χ4n) is 2.12. The quantitative estimate of drug-likeness (QED) is 0.769. The zero-order valence-corrected chi connectivity index (χ0v) is 11.9. The molecule has 5 nitrogen and oxygen atoms in total. The SMILES string of the molecule is CCN(C(=O)Cn1nc(C)cc1C)C(C)COC. The molecule has 18 heavy (non-hydrogen) atoms. The molecule has 1 atom stereocenters. The van der Waals surface area contributed by atoms with Gasteiger partial charge in [0.05, 0.1) is 18.3 Å². The Balaban J connectivity index is 2.70. The molecule has 0 aromatic carbocycles. The van der Waals surface area contributed by atoms with E-state index in [-0.39, 0.29) is 11.9 Å². The third-order valence-electron chi connectivity index (χ3n) is 2.99. The molecule has 0 saturated carbocycles. The maximum Gasteiger partial charge on any atom is 0.244 e. The number of rotatable bonds is 6. The lowest BCUT2D eigenvalue weighted by Gasteiger charge is -2.27. The molecule has 1 unspecified atom stereocenters. The molecule has 102 valence electrons. The molecule has 1 heterocycles. The lowest BCUT2D eigenvalue weighted by molar-refractivity contribution is -0.134. The minimum absolute atomic E-state index is 0.0771. The van der Waals surface area contributed by atoms with Gasteiger partial charge in [-0.2, -0.15) is 5.10 Å². The number of hydrogen-bond donors (Lipinski definition) is 0. The van der Waals surface area contributed by atoms with E-state index in [4.69, 9.17) is 4.74 Å². The minimum Gasteiger partial charge on any atom is -0.383 e. The van der Waals surface area contributed by atoms with Crippen molar-refractivity contribution in [2.24, 2.45) is 0 Å². The van der Waals surface area contributed by atoms with Crippen LogP contribution in [-0.4, -0.2) is 46.9 Å². The van der Waals surface area contributed by atoms with Gasteiger partial charge in [0.25, 0.3) is 0 Å². The lowest BCUT2D eigenvalue weighted by Crippen LogP contribution is -2.42. The average Bonchev–Trinajstić information content (AvgIpc) is 2.58. The summed E-state index contributed by atoms with van der Waals surface area (Å²) < 4.78 is 6.85. The van der Waals surface area contributed by atoms with Crippen molar-refractivity contribution in [1.29, 1.82) is 0 Å². The number of amides is 1.